The number of benzene rings is 8. The highest BCUT2D eigenvalue weighted by Gasteiger charge is 2.30. The molecule has 52 heavy (non-hydrogen) atoms. The highest BCUT2D eigenvalue weighted by atomic mass is 16.3. The highest BCUT2D eigenvalue weighted by molar-refractivity contribution is 6.27. The third-order valence-corrected chi connectivity index (χ3v) is 10.4. The van der Waals surface area contributed by atoms with Gasteiger partial charge in [0.05, 0.1) is 22.6 Å². The predicted molar refractivity (Wildman–Crippen MR) is 214 cm³/mol. The number of fused-ring (bicyclic) bond motifs is 7. The van der Waals surface area contributed by atoms with Crippen LogP contribution in [0.15, 0.2) is 180 Å². The van der Waals surface area contributed by atoms with Crippen molar-refractivity contribution in [2.75, 3.05) is 4.90 Å². The molecule has 0 N–H and O–H groups in total. The summed E-state index contributed by atoms with van der Waals surface area (Å²) in [7, 11) is 0. The molecule has 0 amide bonds. The van der Waals surface area contributed by atoms with Crippen LogP contribution in [0.3, 0.4) is 0 Å². The van der Waals surface area contributed by atoms with Gasteiger partial charge in [-0.15, -0.1) is 0 Å². The largest absolute Gasteiger partial charge is 0.456 e. The van der Waals surface area contributed by atoms with E-state index in [4.69, 9.17) is 14.4 Å². The van der Waals surface area contributed by atoms with Crippen LogP contribution in [0.1, 0.15) is 0 Å². The zero-order valence-electron chi connectivity index (χ0n) is 28.0. The lowest BCUT2D eigenvalue weighted by atomic mass is 9.89. The Bertz CT molecular complexity index is 2960. The summed E-state index contributed by atoms with van der Waals surface area (Å²) in [6.45, 7) is 0. The van der Waals surface area contributed by atoms with Crippen LogP contribution >= 0.6 is 0 Å². The van der Waals surface area contributed by atoms with E-state index >= 15 is 0 Å². The topological polar surface area (TPSA) is 42.2 Å². The van der Waals surface area contributed by atoms with Crippen molar-refractivity contribution in [3.8, 4) is 44.6 Å². The number of hydrogen-bond acceptors (Lipinski definition) is 4. The average Bonchev–Trinajstić information content (AvgIpc) is 3.60. The molecule has 0 spiro atoms. The van der Waals surface area contributed by atoms with Gasteiger partial charge in [-0.25, -0.2) is 9.97 Å². The standard InChI is InChI=1S/C48H29N3O/c1-3-14-30(15-4-1)32-26-33(31-16-5-2-6-17-31)28-34(27-32)47-37-19-7-10-23-40(37)49-48(50-47)51-41-24-11-8-18-35(41)36-21-13-22-39-45(36)42(51)29-44-46(39)38-20-9-12-25-43(38)52-44/h1-29H. The third kappa shape index (κ3) is 4.34. The number of hydrogen-bond donors (Lipinski definition) is 0. The van der Waals surface area contributed by atoms with E-state index in [1.54, 1.807) is 0 Å². The lowest BCUT2D eigenvalue weighted by molar-refractivity contribution is 0.669. The first-order valence-electron chi connectivity index (χ1n) is 17.6. The minimum atomic E-state index is 0.610. The zero-order valence-corrected chi connectivity index (χ0v) is 28.0. The van der Waals surface area contributed by atoms with Gasteiger partial charge in [0.15, 0.2) is 0 Å². The van der Waals surface area contributed by atoms with Crippen LogP contribution in [0.2, 0.25) is 0 Å². The van der Waals surface area contributed by atoms with E-state index in [-0.39, 0.29) is 0 Å². The first-order chi connectivity index (χ1) is 25.8. The van der Waals surface area contributed by atoms with Crippen LogP contribution in [0, 0.1) is 0 Å². The fourth-order valence-electron chi connectivity index (χ4n) is 8.06. The SMILES string of the molecule is c1ccc(-c2cc(-c3ccccc3)cc(-c3nc(N4c5ccccc5-c5cccc6c5c4cc4oc5ccccc5c46)nc4ccccc34)c2)cc1. The molecule has 8 aromatic carbocycles. The van der Waals surface area contributed by atoms with Gasteiger partial charge in [0.2, 0.25) is 5.95 Å². The monoisotopic (exact) mass is 663 g/mol. The molecule has 0 fully saturated rings. The molecule has 4 heteroatoms. The van der Waals surface area contributed by atoms with E-state index in [0.29, 0.717) is 5.95 Å². The van der Waals surface area contributed by atoms with E-state index in [9.17, 15) is 0 Å². The molecule has 3 heterocycles. The number of aromatic nitrogens is 2. The average molecular weight is 664 g/mol. The number of para-hydroxylation sites is 3. The fraction of sp³-hybridized carbons (Fsp3) is 0. The molecule has 0 unspecified atom stereocenters. The van der Waals surface area contributed by atoms with Gasteiger partial charge in [-0.1, -0.05) is 133 Å². The molecule has 1 aliphatic rings. The van der Waals surface area contributed by atoms with Gasteiger partial charge < -0.3 is 4.42 Å². The lowest BCUT2D eigenvalue weighted by Crippen LogP contribution is -2.18. The number of anilines is 3. The Kier molecular flexibility index (Phi) is 6.22. The second-order valence-corrected chi connectivity index (χ2v) is 13.4. The van der Waals surface area contributed by atoms with Gasteiger partial charge in [-0.2, -0.15) is 0 Å². The number of nitrogens with zero attached hydrogens (tertiary/aromatic N) is 3. The van der Waals surface area contributed by atoms with Crippen molar-refractivity contribution in [3.05, 3.63) is 176 Å². The Balaban J connectivity index is 1.21. The molecule has 1 aliphatic heterocycles. The molecule has 0 aliphatic carbocycles. The molecule has 242 valence electrons. The van der Waals surface area contributed by atoms with Crippen LogP contribution in [0.5, 0.6) is 0 Å². The molecule has 4 nitrogen and oxygen atoms in total. The van der Waals surface area contributed by atoms with Gasteiger partial charge in [0, 0.05) is 38.7 Å². The predicted octanol–water partition coefficient (Wildman–Crippen LogP) is 13.1. The van der Waals surface area contributed by atoms with Crippen molar-refractivity contribution in [2.45, 2.75) is 0 Å². The summed E-state index contributed by atoms with van der Waals surface area (Å²) < 4.78 is 6.55. The quantitative estimate of drug-likeness (QED) is 0.188. The number of furan rings is 1. The minimum absolute atomic E-state index is 0.610. The van der Waals surface area contributed by atoms with Crippen molar-refractivity contribution in [1.82, 2.24) is 9.97 Å². The van der Waals surface area contributed by atoms with Gasteiger partial charge in [0.25, 0.3) is 0 Å². The Morgan fingerprint density at radius 1 is 0.385 bits per heavy atom. The van der Waals surface area contributed by atoms with Gasteiger partial charge in [0.1, 0.15) is 11.2 Å². The second kappa shape index (κ2) is 11.2. The van der Waals surface area contributed by atoms with Crippen LogP contribution in [-0.2, 0) is 0 Å². The maximum atomic E-state index is 6.55. The molecule has 0 bridgehead atoms. The van der Waals surface area contributed by atoms with Crippen LogP contribution in [-0.4, -0.2) is 9.97 Å². The molecular formula is C48H29N3O. The van der Waals surface area contributed by atoms with Crippen LogP contribution in [0.4, 0.5) is 17.3 Å². The highest BCUT2D eigenvalue weighted by Crippen LogP contribution is 2.53. The first kappa shape index (κ1) is 28.8. The Morgan fingerprint density at radius 2 is 1.00 bits per heavy atom. The number of rotatable bonds is 4. The summed E-state index contributed by atoms with van der Waals surface area (Å²) >= 11 is 0. The summed E-state index contributed by atoms with van der Waals surface area (Å²) in [5.74, 6) is 0.610. The van der Waals surface area contributed by atoms with Gasteiger partial charge in [-0.05, 0) is 69.6 Å². The summed E-state index contributed by atoms with van der Waals surface area (Å²) in [5, 5.41) is 5.55. The summed E-state index contributed by atoms with van der Waals surface area (Å²) in [6, 6.07) is 61.9. The van der Waals surface area contributed by atoms with E-state index in [1.165, 1.54) is 5.56 Å². The summed E-state index contributed by atoms with van der Waals surface area (Å²) in [5.41, 5.74) is 13.5. The van der Waals surface area contributed by atoms with Crippen molar-refractivity contribution < 1.29 is 4.42 Å². The van der Waals surface area contributed by atoms with E-state index in [1.807, 2.05) is 12.1 Å². The van der Waals surface area contributed by atoms with E-state index < -0.39 is 0 Å². The van der Waals surface area contributed by atoms with Crippen molar-refractivity contribution in [2.24, 2.45) is 0 Å². The minimum Gasteiger partial charge on any atom is -0.456 e. The van der Waals surface area contributed by atoms with Crippen molar-refractivity contribution in [1.29, 1.82) is 0 Å². The van der Waals surface area contributed by atoms with Gasteiger partial charge in [-0.3, -0.25) is 4.90 Å². The summed E-state index contributed by atoms with van der Waals surface area (Å²) in [4.78, 5) is 13.1. The molecule has 0 radical (unpaired) electrons. The Labute approximate surface area is 299 Å². The van der Waals surface area contributed by atoms with Gasteiger partial charge >= 0.3 is 0 Å². The molecule has 11 rings (SSSR count). The molecule has 0 saturated carbocycles. The third-order valence-electron chi connectivity index (χ3n) is 10.4. The van der Waals surface area contributed by atoms with Crippen molar-refractivity contribution >= 4 is 60.9 Å². The zero-order chi connectivity index (χ0) is 34.2. The lowest BCUT2D eigenvalue weighted by Gasteiger charge is -2.32. The molecular weight excluding hydrogens is 635 g/mol. The Hall–Kier alpha value is -7.04. The summed E-state index contributed by atoms with van der Waals surface area (Å²) in [6.07, 6.45) is 0. The molecule has 0 atom stereocenters. The molecule has 10 aromatic rings. The maximum absolute atomic E-state index is 6.55. The smallest absolute Gasteiger partial charge is 0.235 e. The van der Waals surface area contributed by atoms with E-state index in [0.717, 1.165) is 94.1 Å². The molecule has 0 saturated heterocycles. The maximum Gasteiger partial charge on any atom is 0.235 e. The normalized spacial score (nSPS) is 12.2. The van der Waals surface area contributed by atoms with Crippen molar-refractivity contribution in [3.63, 3.8) is 0 Å². The Morgan fingerprint density at radius 3 is 1.79 bits per heavy atom. The first-order valence-corrected chi connectivity index (χ1v) is 17.6. The second-order valence-electron chi connectivity index (χ2n) is 13.4. The molecule has 2 aromatic heterocycles. The fourth-order valence-corrected chi connectivity index (χ4v) is 8.06. The van der Waals surface area contributed by atoms with E-state index in [2.05, 4.69) is 169 Å². The van der Waals surface area contributed by atoms with Crippen LogP contribution in [0.25, 0.3) is 88.3 Å². The van der Waals surface area contributed by atoms with Crippen LogP contribution < -0.4 is 4.90 Å².